The maximum absolute atomic E-state index is 12.5. The maximum atomic E-state index is 12.5. The molecule has 0 bridgehead atoms. The highest BCUT2D eigenvalue weighted by atomic mass is 16.6. The lowest BCUT2D eigenvalue weighted by Gasteiger charge is -2.38. The van der Waals surface area contributed by atoms with E-state index in [9.17, 15) is 14.4 Å². The van der Waals surface area contributed by atoms with E-state index in [2.05, 4.69) is 31.1 Å². The molecule has 0 aromatic rings. The lowest BCUT2D eigenvalue weighted by Crippen LogP contribution is -2.52. The van der Waals surface area contributed by atoms with E-state index in [-0.39, 0.29) is 23.9 Å². The van der Waals surface area contributed by atoms with Gasteiger partial charge in [-0.2, -0.15) is 0 Å². The average molecular weight is 395 g/mol. The van der Waals surface area contributed by atoms with E-state index in [1.165, 1.54) is 0 Å². The van der Waals surface area contributed by atoms with Gasteiger partial charge in [0.25, 0.3) is 0 Å². The molecule has 3 amide bonds. The number of hydrogen-bond donors (Lipinski definition) is 1. The zero-order valence-electron chi connectivity index (χ0n) is 17.4. The lowest BCUT2D eigenvalue weighted by molar-refractivity contribution is -0.137. The van der Waals surface area contributed by atoms with Gasteiger partial charge in [-0.25, -0.2) is 4.79 Å². The van der Waals surface area contributed by atoms with E-state index in [1.807, 2.05) is 4.90 Å². The SMILES string of the molecule is CC(C)CN(C)CCCN1CC2(CCN(C(=O)C3CCC(=O)N3)CC2)OC1=O. The van der Waals surface area contributed by atoms with Gasteiger partial charge in [0.05, 0.1) is 6.54 Å². The minimum atomic E-state index is -0.462. The Morgan fingerprint density at radius 3 is 2.64 bits per heavy atom. The molecule has 0 aromatic heterocycles. The van der Waals surface area contributed by atoms with Crippen LogP contribution in [-0.2, 0) is 14.3 Å². The van der Waals surface area contributed by atoms with E-state index in [1.54, 1.807) is 4.90 Å². The zero-order valence-corrected chi connectivity index (χ0v) is 17.4. The van der Waals surface area contributed by atoms with Gasteiger partial charge in [-0.1, -0.05) is 13.8 Å². The Morgan fingerprint density at radius 2 is 2.04 bits per heavy atom. The summed E-state index contributed by atoms with van der Waals surface area (Å²) in [6, 6.07) is -0.382. The predicted octanol–water partition coefficient (Wildman–Crippen LogP) is 1.06. The molecule has 8 heteroatoms. The molecule has 3 fully saturated rings. The van der Waals surface area contributed by atoms with Crippen LogP contribution in [0.25, 0.3) is 0 Å². The van der Waals surface area contributed by atoms with Crippen LogP contribution in [0.15, 0.2) is 0 Å². The van der Waals surface area contributed by atoms with Crippen LogP contribution in [-0.4, -0.2) is 90.6 Å². The molecule has 3 saturated heterocycles. The molecular weight excluding hydrogens is 360 g/mol. The number of rotatable bonds is 7. The maximum Gasteiger partial charge on any atom is 0.410 e. The highest BCUT2D eigenvalue weighted by Gasteiger charge is 2.47. The summed E-state index contributed by atoms with van der Waals surface area (Å²) in [5, 5.41) is 2.74. The molecule has 0 radical (unpaired) electrons. The molecule has 0 saturated carbocycles. The van der Waals surface area contributed by atoms with Crippen molar-refractivity contribution in [1.82, 2.24) is 20.0 Å². The number of nitrogens with one attached hydrogen (secondary N) is 1. The molecule has 1 atom stereocenters. The van der Waals surface area contributed by atoms with Crippen LogP contribution in [0.2, 0.25) is 0 Å². The molecule has 3 heterocycles. The number of amides is 3. The fourth-order valence-electron chi connectivity index (χ4n) is 4.53. The van der Waals surface area contributed by atoms with Gasteiger partial charge in [0.1, 0.15) is 11.6 Å². The van der Waals surface area contributed by atoms with Gasteiger partial charge in [0.15, 0.2) is 0 Å². The van der Waals surface area contributed by atoms with Gasteiger partial charge in [-0.3, -0.25) is 9.59 Å². The Labute approximate surface area is 167 Å². The van der Waals surface area contributed by atoms with Crippen molar-refractivity contribution in [3.8, 4) is 0 Å². The second-order valence-electron chi connectivity index (χ2n) is 8.97. The number of likely N-dealkylation sites (tertiary alicyclic amines) is 1. The largest absolute Gasteiger partial charge is 0.441 e. The molecule has 28 heavy (non-hydrogen) atoms. The first-order chi connectivity index (χ1) is 13.3. The van der Waals surface area contributed by atoms with Crippen molar-refractivity contribution in [1.29, 1.82) is 0 Å². The molecule has 3 rings (SSSR count). The molecule has 0 aromatic carbocycles. The summed E-state index contributed by atoms with van der Waals surface area (Å²) in [4.78, 5) is 42.1. The molecule has 8 nitrogen and oxygen atoms in total. The highest BCUT2D eigenvalue weighted by molar-refractivity contribution is 5.90. The van der Waals surface area contributed by atoms with E-state index < -0.39 is 5.60 Å². The van der Waals surface area contributed by atoms with Crippen LogP contribution in [0.5, 0.6) is 0 Å². The second kappa shape index (κ2) is 8.68. The Kier molecular flexibility index (Phi) is 6.47. The summed E-state index contributed by atoms with van der Waals surface area (Å²) in [7, 11) is 2.11. The number of carbonyl (C=O) groups excluding carboxylic acids is 3. The zero-order chi connectivity index (χ0) is 20.3. The number of ether oxygens (including phenoxy) is 1. The van der Waals surface area contributed by atoms with Crippen LogP contribution in [0.3, 0.4) is 0 Å². The van der Waals surface area contributed by atoms with Crippen molar-refractivity contribution in [2.75, 3.05) is 46.3 Å². The van der Waals surface area contributed by atoms with Crippen LogP contribution >= 0.6 is 0 Å². The average Bonchev–Trinajstić information content (AvgIpc) is 3.18. The smallest absolute Gasteiger partial charge is 0.410 e. The van der Waals surface area contributed by atoms with Crippen LogP contribution in [0.4, 0.5) is 4.79 Å². The van der Waals surface area contributed by atoms with Crippen LogP contribution in [0.1, 0.15) is 46.0 Å². The molecule has 0 aliphatic carbocycles. The van der Waals surface area contributed by atoms with Gasteiger partial charge in [-0.05, 0) is 32.4 Å². The van der Waals surface area contributed by atoms with E-state index in [0.717, 1.165) is 19.5 Å². The van der Waals surface area contributed by atoms with E-state index >= 15 is 0 Å². The van der Waals surface area contributed by atoms with Crippen molar-refractivity contribution in [2.24, 2.45) is 5.92 Å². The van der Waals surface area contributed by atoms with Gasteiger partial charge >= 0.3 is 6.09 Å². The Bertz CT molecular complexity index is 601. The van der Waals surface area contributed by atoms with Crippen molar-refractivity contribution in [3.63, 3.8) is 0 Å². The third-order valence-corrected chi connectivity index (χ3v) is 5.97. The summed E-state index contributed by atoms with van der Waals surface area (Å²) in [5.41, 5.74) is -0.462. The first-order valence-corrected chi connectivity index (χ1v) is 10.5. The summed E-state index contributed by atoms with van der Waals surface area (Å²) in [6.07, 6.45) is 3.03. The predicted molar refractivity (Wildman–Crippen MR) is 105 cm³/mol. The molecular formula is C20H34N4O4. The summed E-state index contributed by atoms with van der Waals surface area (Å²) in [5.74, 6) is 0.580. The lowest BCUT2D eigenvalue weighted by atomic mass is 9.91. The van der Waals surface area contributed by atoms with Gasteiger partial charge in [0.2, 0.25) is 11.8 Å². The van der Waals surface area contributed by atoms with Gasteiger partial charge < -0.3 is 24.8 Å². The molecule has 158 valence electrons. The Hall–Kier alpha value is -1.83. The molecule has 1 unspecified atom stereocenters. The van der Waals surface area contributed by atoms with Gasteiger partial charge in [-0.15, -0.1) is 0 Å². The fourth-order valence-corrected chi connectivity index (χ4v) is 4.53. The number of carbonyl (C=O) groups is 3. The van der Waals surface area contributed by atoms with Crippen molar-refractivity contribution < 1.29 is 19.1 Å². The summed E-state index contributed by atoms with van der Waals surface area (Å²) < 4.78 is 5.76. The molecule has 3 aliphatic rings. The minimum absolute atomic E-state index is 0.00457. The van der Waals surface area contributed by atoms with Crippen molar-refractivity contribution in [2.45, 2.75) is 57.6 Å². The first kappa shape index (κ1) is 20.9. The van der Waals surface area contributed by atoms with E-state index in [0.29, 0.717) is 57.8 Å². The number of piperidine rings is 1. The van der Waals surface area contributed by atoms with Crippen molar-refractivity contribution >= 4 is 17.9 Å². The molecule has 1 N–H and O–H groups in total. The topological polar surface area (TPSA) is 82.2 Å². The third kappa shape index (κ3) is 4.96. The molecule has 1 spiro atoms. The second-order valence-corrected chi connectivity index (χ2v) is 8.97. The third-order valence-electron chi connectivity index (χ3n) is 5.97. The summed E-state index contributed by atoms with van der Waals surface area (Å²) >= 11 is 0. The number of hydrogen-bond acceptors (Lipinski definition) is 5. The standard InChI is InChI=1S/C20H34N4O4/c1-15(2)13-22(3)9-4-10-24-14-20(28-19(24)27)7-11-23(12-8-20)18(26)16-5-6-17(25)21-16/h15-16H,4-14H2,1-3H3,(H,21,25). The normalized spacial score (nSPS) is 24.4. The first-order valence-electron chi connectivity index (χ1n) is 10.5. The number of nitrogens with zero attached hydrogens (tertiary/aromatic N) is 3. The quantitative estimate of drug-likeness (QED) is 0.698. The Balaban J connectivity index is 1.43. The Morgan fingerprint density at radius 1 is 1.32 bits per heavy atom. The summed E-state index contributed by atoms with van der Waals surface area (Å²) in [6.45, 7) is 8.89. The molecule has 3 aliphatic heterocycles. The minimum Gasteiger partial charge on any atom is -0.441 e. The van der Waals surface area contributed by atoms with E-state index in [4.69, 9.17) is 4.74 Å². The van der Waals surface area contributed by atoms with Crippen LogP contribution in [0, 0.1) is 5.92 Å². The monoisotopic (exact) mass is 394 g/mol. The van der Waals surface area contributed by atoms with Crippen LogP contribution < -0.4 is 5.32 Å². The van der Waals surface area contributed by atoms with Gasteiger partial charge in [0, 0.05) is 45.4 Å². The fraction of sp³-hybridized carbons (Fsp3) is 0.850. The highest BCUT2D eigenvalue weighted by Crippen LogP contribution is 2.33. The van der Waals surface area contributed by atoms with Crippen molar-refractivity contribution in [3.05, 3.63) is 0 Å².